The summed E-state index contributed by atoms with van der Waals surface area (Å²) in [6, 6.07) is 11.7. The van der Waals surface area contributed by atoms with Gasteiger partial charge in [-0.2, -0.15) is 0 Å². The zero-order valence-electron chi connectivity index (χ0n) is 18.1. The SMILES string of the molecule is CN(C)S(=O)(=O)c1ccc(S(=O)(=O)N2C(=O)[C@@](C)(N3CCOCC3)c3ccccc32)cc1. The number of sulfonamides is 2. The smallest absolute Gasteiger partial charge is 0.270 e. The van der Waals surface area contributed by atoms with Crippen molar-refractivity contribution in [2.45, 2.75) is 22.3 Å². The summed E-state index contributed by atoms with van der Waals surface area (Å²) in [5, 5.41) is 0. The van der Waals surface area contributed by atoms with Gasteiger partial charge in [0.15, 0.2) is 0 Å². The van der Waals surface area contributed by atoms with Crippen LogP contribution < -0.4 is 4.31 Å². The molecule has 32 heavy (non-hydrogen) atoms. The van der Waals surface area contributed by atoms with E-state index in [4.69, 9.17) is 4.74 Å². The van der Waals surface area contributed by atoms with Gasteiger partial charge in [-0.3, -0.25) is 9.69 Å². The van der Waals surface area contributed by atoms with Crippen molar-refractivity contribution in [2.75, 3.05) is 44.7 Å². The highest BCUT2D eigenvalue weighted by molar-refractivity contribution is 7.93. The molecule has 0 radical (unpaired) electrons. The van der Waals surface area contributed by atoms with Gasteiger partial charge in [-0.05, 0) is 37.3 Å². The van der Waals surface area contributed by atoms with E-state index in [0.717, 1.165) is 8.61 Å². The molecule has 1 atom stereocenters. The number of hydrogen-bond acceptors (Lipinski definition) is 7. The molecule has 172 valence electrons. The van der Waals surface area contributed by atoms with Crippen LogP contribution in [0.25, 0.3) is 0 Å². The van der Waals surface area contributed by atoms with Gasteiger partial charge in [-0.1, -0.05) is 18.2 Å². The van der Waals surface area contributed by atoms with E-state index in [9.17, 15) is 21.6 Å². The zero-order chi connectivity index (χ0) is 23.3. The number of carbonyl (C=O) groups is 1. The van der Waals surface area contributed by atoms with E-state index in [2.05, 4.69) is 0 Å². The summed E-state index contributed by atoms with van der Waals surface area (Å²) in [7, 11) is -5.20. The quantitative estimate of drug-likeness (QED) is 0.635. The maximum Gasteiger partial charge on any atom is 0.270 e. The minimum absolute atomic E-state index is 0.0345. The van der Waals surface area contributed by atoms with Crippen LogP contribution in [0.5, 0.6) is 0 Å². The average Bonchev–Trinajstić information content (AvgIpc) is 3.03. The number of nitrogens with zero attached hydrogens (tertiary/aromatic N) is 3. The Morgan fingerprint density at radius 3 is 2.06 bits per heavy atom. The lowest BCUT2D eigenvalue weighted by atomic mass is 9.91. The largest absolute Gasteiger partial charge is 0.379 e. The Balaban J connectivity index is 1.78. The molecule has 2 aromatic carbocycles. The number of anilines is 1. The Morgan fingerprint density at radius 2 is 1.47 bits per heavy atom. The van der Waals surface area contributed by atoms with E-state index in [-0.39, 0.29) is 9.79 Å². The van der Waals surface area contributed by atoms with Crippen molar-refractivity contribution in [1.82, 2.24) is 9.21 Å². The van der Waals surface area contributed by atoms with Crippen molar-refractivity contribution in [3.05, 3.63) is 54.1 Å². The number of ether oxygens (including phenoxy) is 1. The highest BCUT2D eigenvalue weighted by atomic mass is 32.2. The normalized spacial score (nSPS) is 22.4. The standard InChI is InChI=1S/C21H25N3O6S2/c1-21(23-12-14-30-15-13-23)18-6-4-5-7-19(18)24(20(21)25)32(28,29)17-10-8-16(9-11-17)31(26,27)22(2)3/h4-11H,12-15H2,1-3H3/t21-/m0/s1. The van der Waals surface area contributed by atoms with Crippen LogP contribution in [-0.4, -0.2) is 72.3 Å². The third-order valence-corrected chi connectivity index (χ3v) is 9.57. The van der Waals surface area contributed by atoms with Gasteiger partial charge in [0, 0.05) is 32.7 Å². The summed E-state index contributed by atoms with van der Waals surface area (Å²) in [6.07, 6.45) is 0. The first-order valence-corrected chi connectivity index (χ1v) is 12.9. The lowest BCUT2D eigenvalue weighted by Gasteiger charge is -2.39. The molecule has 0 bridgehead atoms. The highest BCUT2D eigenvalue weighted by Gasteiger charge is 2.55. The van der Waals surface area contributed by atoms with Gasteiger partial charge < -0.3 is 4.74 Å². The van der Waals surface area contributed by atoms with Crippen LogP contribution in [0.3, 0.4) is 0 Å². The number of rotatable bonds is 5. The van der Waals surface area contributed by atoms with Crippen molar-refractivity contribution in [1.29, 1.82) is 0 Å². The molecule has 0 N–H and O–H groups in total. The number of hydrogen-bond donors (Lipinski definition) is 0. The molecule has 2 heterocycles. The molecule has 0 aliphatic carbocycles. The minimum atomic E-state index is -4.28. The molecule has 2 aromatic rings. The van der Waals surface area contributed by atoms with E-state index >= 15 is 0 Å². The predicted octanol–water partition coefficient (Wildman–Crippen LogP) is 1.22. The first-order valence-electron chi connectivity index (χ1n) is 10.1. The Bertz CT molecular complexity index is 1250. The van der Waals surface area contributed by atoms with E-state index < -0.39 is 31.5 Å². The van der Waals surface area contributed by atoms with E-state index in [1.807, 2.05) is 4.90 Å². The Hall–Kier alpha value is -2.31. The van der Waals surface area contributed by atoms with E-state index in [1.165, 1.54) is 38.4 Å². The van der Waals surface area contributed by atoms with Crippen molar-refractivity contribution in [3.8, 4) is 0 Å². The van der Waals surface area contributed by atoms with Gasteiger partial charge in [0.05, 0.1) is 28.7 Å². The molecule has 11 heteroatoms. The van der Waals surface area contributed by atoms with Crippen molar-refractivity contribution >= 4 is 31.6 Å². The average molecular weight is 480 g/mol. The fourth-order valence-corrected chi connectivity index (χ4v) is 6.55. The number of para-hydroxylation sites is 1. The monoisotopic (exact) mass is 479 g/mol. The van der Waals surface area contributed by atoms with Crippen molar-refractivity contribution in [3.63, 3.8) is 0 Å². The third-order valence-electron chi connectivity index (χ3n) is 6.03. The van der Waals surface area contributed by atoms with Gasteiger partial charge >= 0.3 is 0 Å². The lowest BCUT2D eigenvalue weighted by molar-refractivity contribution is -0.131. The molecule has 0 aromatic heterocycles. The summed E-state index contributed by atoms with van der Waals surface area (Å²) < 4.78 is 59.1. The van der Waals surface area contributed by atoms with E-state index in [0.29, 0.717) is 37.6 Å². The van der Waals surface area contributed by atoms with Gasteiger partial charge in [0.1, 0.15) is 5.54 Å². The molecule has 1 saturated heterocycles. The highest BCUT2D eigenvalue weighted by Crippen LogP contribution is 2.46. The first kappa shape index (κ1) is 22.9. The fraction of sp³-hybridized carbons (Fsp3) is 0.381. The second kappa shape index (κ2) is 7.92. The van der Waals surface area contributed by atoms with Crippen LogP contribution in [0, 0.1) is 0 Å². The van der Waals surface area contributed by atoms with Crippen LogP contribution in [0.1, 0.15) is 12.5 Å². The summed E-state index contributed by atoms with van der Waals surface area (Å²) >= 11 is 0. The Kier molecular flexibility index (Phi) is 5.66. The zero-order valence-corrected chi connectivity index (χ0v) is 19.7. The Labute approximate surface area is 188 Å². The molecule has 0 unspecified atom stereocenters. The lowest BCUT2D eigenvalue weighted by Crippen LogP contribution is -2.55. The van der Waals surface area contributed by atoms with Crippen LogP contribution >= 0.6 is 0 Å². The molecular formula is C21H25N3O6S2. The fourth-order valence-electron chi connectivity index (χ4n) is 4.14. The topological polar surface area (TPSA) is 104 Å². The molecule has 9 nitrogen and oxygen atoms in total. The maximum absolute atomic E-state index is 13.7. The second-order valence-electron chi connectivity index (χ2n) is 8.02. The summed E-state index contributed by atoms with van der Waals surface area (Å²) in [5.74, 6) is -0.564. The number of carbonyl (C=O) groups excluding carboxylic acids is 1. The van der Waals surface area contributed by atoms with Crippen molar-refractivity contribution in [2.24, 2.45) is 0 Å². The number of amides is 1. The predicted molar refractivity (Wildman–Crippen MR) is 118 cm³/mol. The summed E-state index contributed by atoms with van der Waals surface area (Å²) in [6.45, 7) is 3.66. The van der Waals surface area contributed by atoms with Gasteiger partial charge in [0.25, 0.3) is 15.9 Å². The maximum atomic E-state index is 13.7. The second-order valence-corrected chi connectivity index (χ2v) is 12.0. The molecule has 1 amide bonds. The minimum Gasteiger partial charge on any atom is -0.379 e. The molecule has 4 rings (SSSR count). The van der Waals surface area contributed by atoms with Crippen LogP contribution in [0.15, 0.2) is 58.3 Å². The van der Waals surface area contributed by atoms with Crippen LogP contribution in [0.4, 0.5) is 5.69 Å². The molecule has 0 spiro atoms. The van der Waals surface area contributed by atoms with Gasteiger partial charge in [-0.15, -0.1) is 0 Å². The molecular weight excluding hydrogens is 454 g/mol. The number of benzene rings is 2. The van der Waals surface area contributed by atoms with Crippen molar-refractivity contribution < 1.29 is 26.4 Å². The molecule has 2 aliphatic heterocycles. The van der Waals surface area contributed by atoms with Crippen LogP contribution in [0.2, 0.25) is 0 Å². The third kappa shape index (κ3) is 3.35. The summed E-state index contributed by atoms with van der Waals surface area (Å²) in [4.78, 5) is 15.4. The number of morpholine rings is 1. The molecule has 1 fully saturated rings. The summed E-state index contributed by atoms with van der Waals surface area (Å²) in [5.41, 5.74) is -0.236. The van der Waals surface area contributed by atoms with E-state index in [1.54, 1.807) is 31.2 Å². The molecule has 0 saturated carbocycles. The van der Waals surface area contributed by atoms with Crippen LogP contribution in [-0.2, 0) is 35.1 Å². The van der Waals surface area contributed by atoms with Gasteiger partial charge in [-0.25, -0.2) is 25.4 Å². The molecule has 2 aliphatic rings. The number of fused-ring (bicyclic) bond motifs is 1. The van der Waals surface area contributed by atoms with Gasteiger partial charge in [0.2, 0.25) is 10.0 Å². The first-order chi connectivity index (χ1) is 15.0. The Morgan fingerprint density at radius 1 is 0.906 bits per heavy atom.